The Morgan fingerprint density at radius 3 is 2.88 bits per heavy atom. The number of benzene rings is 1. The molecule has 3 N–H and O–H groups in total. The maximum absolute atomic E-state index is 12.0. The zero-order valence-electron chi connectivity index (χ0n) is 9.02. The van der Waals surface area contributed by atoms with E-state index < -0.39 is 0 Å². The molecule has 7 heteroatoms. The number of hydrogen-bond acceptors (Lipinski definition) is 3. The van der Waals surface area contributed by atoms with E-state index in [1.54, 1.807) is 18.2 Å². The van der Waals surface area contributed by atoms with Gasteiger partial charge in [0.15, 0.2) is 5.84 Å². The standard InChI is InChI=1S/C10H11BrClN3O2/c1-15(5-8(13)14-17)10(16)6-3-2-4-7(11)9(6)12/h2-4,17H,5H2,1H3,(H2,13,14). The summed E-state index contributed by atoms with van der Waals surface area (Å²) in [6.45, 7) is 0.0260. The van der Waals surface area contributed by atoms with Gasteiger partial charge in [-0.25, -0.2) is 0 Å². The van der Waals surface area contributed by atoms with Gasteiger partial charge in [0.25, 0.3) is 5.91 Å². The minimum atomic E-state index is -0.303. The van der Waals surface area contributed by atoms with Crippen LogP contribution in [0.1, 0.15) is 10.4 Å². The van der Waals surface area contributed by atoms with Crippen molar-refractivity contribution in [3.05, 3.63) is 33.3 Å². The molecule has 0 heterocycles. The summed E-state index contributed by atoms with van der Waals surface area (Å²) in [7, 11) is 1.54. The highest BCUT2D eigenvalue weighted by atomic mass is 79.9. The maximum Gasteiger partial charge on any atom is 0.255 e. The molecule has 0 aliphatic rings. The van der Waals surface area contributed by atoms with Gasteiger partial charge in [-0.15, -0.1) is 0 Å². The van der Waals surface area contributed by atoms with Gasteiger partial charge < -0.3 is 15.8 Å². The fraction of sp³-hybridized carbons (Fsp3) is 0.200. The smallest absolute Gasteiger partial charge is 0.255 e. The summed E-state index contributed by atoms with van der Waals surface area (Å²) in [5.74, 6) is -0.352. The van der Waals surface area contributed by atoms with Crippen molar-refractivity contribution in [2.45, 2.75) is 0 Å². The van der Waals surface area contributed by atoms with Crippen LogP contribution in [0.15, 0.2) is 27.8 Å². The number of nitrogens with zero attached hydrogens (tertiary/aromatic N) is 2. The van der Waals surface area contributed by atoms with Crippen LogP contribution in [0, 0.1) is 0 Å². The number of rotatable bonds is 3. The van der Waals surface area contributed by atoms with E-state index in [1.807, 2.05) is 0 Å². The van der Waals surface area contributed by atoms with Crippen molar-refractivity contribution in [2.24, 2.45) is 10.9 Å². The molecule has 0 bridgehead atoms. The van der Waals surface area contributed by atoms with Crippen molar-refractivity contribution in [2.75, 3.05) is 13.6 Å². The molecule has 0 aliphatic heterocycles. The van der Waals surface area contributed by atoms with E-state index in [0.29, 0.717) is 15.1 Å². The predicted molar refractivity (Wildman–Crippen MR) is 69.5 cm³/mol. The lowest BCUT2D eigenvalue weighted by molar-refractivity contribution is 0.0814. The Bertz CT molecular complexity index is 465. The van der Waals surface area contributed by atoms with Gasteiger partial charge >= 0.3 is 0 Å². The molecule has 5 nitrogen and oxygen atoms in total. The van der Waals surface area contributed by atoms with Crippen molar-refractivity contribution >= 4 is 39.3 Å². The van der Waals surface area contributed by atoms with Crippen molar-refractivity contribution in [3.63, 3.8) is 0 Å². The third-order valence-corrected chi connectivity index (χ3v) is 3.35. The van der Waals surface area contributed by atoms with Crippen LogP contribution in [0.2, 0.25) is 5.02 Å². The number of amidine groups is 1. The Morgan fingerprint density at radius 1 is 1.65 bits per heavy atom. The largest absolute Gasteiger partial charge is 0.409 e. The highest BCUT2D eigenvalue weighted by Gasteiger charge is 2.17. The molecular weight excluding hydrogens is 309 g/mol. The number of halogens is 2. The second kappa shape index (κ2) is 5.88. The zero-order valence-corrected chi connectivity index (χ0v) is 11.4. The van der Waals surface area contributed by atoms with Gasteiger partial charge in [-0.1, -0.05) is 22.8 Å². The van der Waals surface area contributed by atoms with Gasteiger partial charge in [0.2, 0.25) is 0 Å². The third-order valence-electron chi connectivity index (χ3n) is 2.06. The Kier molecular flexibility index (Phi) is 4.77. The van der Waals surface area contributed by atoms with Crippen LogP contribution in [-0.4, -0.2) is 35.4 Å². The normalized spacial score (nSPS) is 11.4. The van der Waals surface area contributed by atoms with Crippen LogP contribution in [-0.2, 0) is 0 Å². The second-order valence-electron chi connectivity index (χ2n) is 3.35. The number of hydrogen-bond donors (Lipinski definition) is 2. The number of likely N-dealkylation sites (N-methyl/N-ethyl adjacent to an activating group) is 1. The first-order valence-electron chi connectivity index (χ1n) is 4.63. The van der Waals surface area contributed by atoms with E-state index >= 15 is 0 Å². The fourth-order valence-corrected chi connectivity index (χ4v) is 1.79. The predicted octanol–water partition coefficient (Wildman–Crippen LogP) is 1.92. The molecule has 0 aromatic heterocycles. The third kappa shape index (κ3) is 3.34. The molecule has 92 valence electrons. The highest BCUT2D eigenvalue weighted by Crippen LogP contribution is 2.26. The Hall–Kier alpha value is -1.27. The average Bonchev–Trinajstić information content (AvgIpc) is 2.31. The number of oxime groups is 1. The van der Waals surface area contributed by atoms with Gasteiger partial charge in [0, 0.05) is 11.5 Å². The number of amides is 1. The minimum Gasteiger partial charge on any atom is -0.409 e. The summed E-state index contributed by atoms with van der Waals surface area (Å²) in [4.78, 5) is 13.3. The summed E-state index contributed by atoms with van der Waals surface area (Å²) in [5, 5.41) is 11.6. The first-order chi connectivity index (χ1) is 7.97. The van der Waals surface area contributed by atoms with Crippen LogP contribution in [0.4, 0.5) is 0 Å². The zero-order chi connectivity index (χ0) is 13.0. The molecule has 17 heavy (non-hydrogen) atoms. The van der Waals surface area contributed by atoms with E-state index in [9.17, 15) is 4.79 Å². The molecule has 0 spiro atoms. The molecule has 0 radical (unpaired) electrons. The molecule has 0 saturated carbocycles. The highest BCUT2D eigenvalue weighted by molar-refractivity contribution is 9.10. The molecule has 1 rings (SSSR count). The van der Waals surface area contributed by atoms with Crippen LogP contribution in [0.25, 0.3) is 0 Å². The summed E-state index contributed by atoms with van der Waals surface area (Å²) < 4.78 is 0.641. The summed E-state index contributed by atoms with van der Waals surface area (Å²) in [5.41, 5.74) is 5.68. The fourth-order valence-electron chi connectivity index (χ4n) is 1.22. The summed E-state index contributed by atoms with van der Waals surface area (Å²) >= 11 is 9.23. The molecular formula is C10H11BrClN3O2. The van der Waals surface area contributed by atoms with Gasteiger partial charge in [-0.05, 0) is 28.1 Å². The SMILES string of the molecule is CN(C/C(N)=N/O)C(=O)c1cccc(Br)c1Cl. The van der Waals surface area contributed by atoms with E-state index in [0.717, 1.165) is 0 Å². The van der Waals surface area contributed by atoms with E-state index in [-0.39, 0.29) is 18.3 Å². The van der Waals surface area contributed by atoms with E-state index in [4.69, 9.17) is 22.5 Å². The van der Waals surface area contributed by atoms with Crippen molar-refractivity contribution in [3.8, 4) is 0 Å². The topological polar surface area (TPSA) is 78.9 Å². The maximum atomic E-state index is 12.0. The van der Waals surface area contributed by atoms with Gasteiger partial charge in [-0.3, -0.25) is 4.79 Å². The Labute approximate surface area is 112 Å². The molecule has 0 saturated heterocycles. The molecule has 1 aromatic rings. The minimum absolute atomic E-state index is 0.0260. The molecule has 0 fully saturated rings. The van der Waals surface area contributed by atoms with E-state index in [1.165, 1.54) is 11.9 Å². The van der Waals surface area contributed by atoms with Crippen molar-refractivity contribution in [1.82, 2.24) is 4.90 Å². The van der Waals surface area contributed by atoms with E-state index in [2.05, 4.69) is 21.1 Å². The number of carbonyl (C=O) groups excluding carboxylic acids is 1. The lowest BCUT2D eigenvalue weighted by Crippen LogP contribution is -2.35. The molecule has 0 unspecified atom stereocenters. The number of carbonyl (C=O) groups is 1. The van der Waals surface area contributed by atoms with Gasteiger partial charge in [0.1, 0.15) is 0 Å². The van der Waals surface area contributed by atoms with Crippen LogP contribution < -0.4 is 5.73 Å². The summed E-state index contributed by atoms with van der Waals surface area (Å²) in [6, 6.07) is 5.06. The summed E-state index contributed by atoms with van der Waals surface area (Å²) in [6.07, 6.45) is 0. The first kappa shape index (κ1) is 13.8. The van der Waals surface area contributed by atoms with Crippen molar-refractivity contribution < 1.29 is 10.0 Å². The lowest BCUT2D eigenvalue weighted by atomic mass is 10.2. The van der Waals surface area contributed by atoms with Crippen molar-refractivity contribution in [1.29, 1.82) is 0 Å². The molecule has 0 aliphatic carbocycles. The molecule has 1 aromatic carbocycles. The Balaban J connectivity index is 2.93. The first-order valence-corrected chi connectivity index (χ1v) is 5.80. The van der Waals surface area contributed by atoms with Gasteiger partial charge in [0.05, 0.1) is 17.1 Å². The lowest BCUT2D eigenvalue weighted by Gasteiger charge is -2.17. The van der Waals surface area contributed by atoms with Crippen LogP contribution in [0.5, 0.6) is 0 Å². The molecule has 0 atom stereocenters. The Morgan fingerprint density at radius 2 is 2.29 bits per heavy atom. The quantitative estimate of drug-likeness (QED) is 0.386. The number of nitrogens with two attached hydrogens (primary N) is 1. The van der Waals surface area contributed by atoms with Crippen LogP contribution >= 0.6 is 27.5 Å². The second-order valence-corrected chi connectivity index (χ2v) is 4.59. The van der Waals surface area contributed by atoms with Crippen LogP contribution in [0.3, 0.4) is 0 Å². The van der Waals surface area contributed by atoms with Gasteiger partial charge in [-0.2, -0.15) is 0 Å². The average molecular weight is 321 g/mol. The monoisotopic (exact) mass is 319 g/mol. The molecule has 1 amide bonds.